The Morgan fingerprint density at radius 1 is 1.06 bits per heavy atom. The van der Waals surface area contributed by atoms with Crippen LogP contribution < -0.4 is 0 Å². The minimum Gasteiger partial charge on any atom is -0.478 e. The van der Waals surface area contributed by atoms with E-state index in [1.54, 1.807) is 6.08 Å². The zero-order chi connectivity index (χ0) is 25.9. The Hall–Kier alpha value is -2.52. The highest BCUT2D eigenvalue weighted by Gasteiger charge is 2.71. The number of carboxylic acids is 1. The summed E-state index contributed by atoms with van der Waals surface area (Å²) in [6.07, 6.45) is 7.71. The normalized spacial score (nSPS) is 45.8. The lowest BCUT2D eigenvalue weighted by Gasteiger charge is -2.65. The van der Waals surface area contributed by atoms with E-state index in [2.05, 4.69) is 6.92 Å². The third kappa shape index (κ3) is 3.49. The summed E-state index contributed by atoms with van der Waals surface area (Å²) >= 11 is 0. The van der Waals surface area contributed by atoms with Crippen LogP contribution in [-0.4, -0.2) is 63.4 Å². The fourth-order valence-corrected chi connectivity index (χ4v) is 8.76. The van der Waals surface area contributed by atoms with Gasteiger partial charge in [-0.3, -0.25) is 0 Å². The molecule has 0 aromatic rings. The third-order valence-corrected chi connectivity index (χ3v) is 10.5. The van der Waals surface area contributed by atoms with Crippen LogP contribution in [0.2, 0.25) is 0 Å². The van der Waals surface area contributed by atoms with Gasteiger partial charge >= 0.3 is 17.9 Å². The molecule has 9 nitrogen and oxygen atoms in total. The molecule has 5 aliphatic rings. The van der Waals surface area contributed by atoms with Gasteiger partial charge in [-0.2, -0.15) is 0 Å². The molecule has 0 unspecified atom stereocenters. The van der Waals surface area contributed by atoms with Gasteiger partial charge in [-0.1, -0.05) is 6.92 Å². The lowest BCUT2D eigenvalue weighted by atomic mass is 9.41. The minimum absolute atomic E-state index is 0.0388. The lowest BCUT2D eigenvalue weighted by Crippen LogP contribution is -2.69. The fraction of sp³-hybridized carbons (Fsp3) is 0.704. The molecule has 0 saturated heterocycles. The van der Waals surface area contributed by atoms with Gasteiger partial charge in [0.25, 0.3) is 0 Å². The number of ether oxygens (including phenoxy) is 2. The van der Waals surface area contributed by atoms with Crippen molar-refractivity contribution in [2.75, 3.05) is 6.61 Å². The number of hydrogen-bond donors (Lipinski definition) is 3. The highest BCUT2D eigenvalue weighted by Crippen LogP contribution is 2.70. The van der Waals surface area contributed by atoms with Crippen LogP contribution in [0.25, 0.3) is 0 Å². The first-order chi connectivity index (χ1) is 17.0. The van der Waals surface area contributed by atoms with E-state index in [-0.39, 0.29) is 36.8 Å². The number of carboxylic acid groups (broad SMARTS) is 1. The van der Waals surface area contributed by atoms with Gasteiger partial charge in [-0.05, 0) is 74.7 Å². The molecule has 3 N–H and O–H groups in total. The molecule has 4 saturated carbocycles. The van der Waals surface area contributed by atoms with Crippen molar-refractivity contribution in [3.05, 3.63) is 23.8 Å². The summed E-state index contributed by atoms with van der Waals surface area (Å²) in [5.41, 5.74) is -2.94. The van der Waals surface area contributed by atoms with Gasteiger partial charge in [0.2, 0.25) is 0 Å². The molecule has 0 aromatic heterocycles. The van der Waals surface area contributed by atoms with Crippen molar-refractivity contribution in [1.82, 2.24) is 0 Å². The van der Waals surface area contributed by atoms with Crippen LogP contribution in [0.4, 0.5) is 0 Å². The van der Waals surface area contributed by atoms with Crippen LogP contribution in [0.15, 0.2) is 23.8 Å². The first kappa shape index (κ1) is 25.1. The molecule has 4 fully saturated rings. The topological polar surface area (TPSA) is 147 Å². The average Bonchev–Trinajstić information content (AvgIpc) is 3.37. The van der Waals surface area contributed by atoms with E-state index in [4.69, 9.17) is 14.6 Å². The van der Waals surface area contributed by atoms with Crippen molar-refractivity contribution in [2.45, 2.75) is 82.0 Å². The summed E-state index contributed by atoms with van der Waals surface area (Å²) in [7, 11) is 0. The first-order valence-electron chi connectivity index (χ1n) is 12.9. The second-order valence-electron chi connectivity index (χ2n) is 11.7. The van der Waals surface area contributed by atoms with Gasteiger partial charge in [-0.15, -0.1) is 0 Å². The molecule has 8 atom stereocenters. The summed E-state index contributed by atoms with van der Waals surface area (Å²) < 4.78 is 10.6. The van der Waals surface area contributed by atoms with Crippen molar-refractivity contribution in [3.63, 3.8) is 0 Å². The smallest absolute Gasteiger partial charge is 0.331 e. The van der Waals surface area contributed by atoms with Crippen LogP contribution in [0.1, 0.15) is 64.7 Å². The van der Waals surface area contributed by atoms with Crippen molar-refractivity contribution in [1.29, 1.82) is 0 Å². The average molecular weight is 503 g/mol. The van der Waals surface area contributed by atoms with E-state index in [0.29, 0.717) is 51.0 Å². The van der Waals surface area contributed by atoms with Crippen molar-refractivity contribution in [3.8, 4) is 0 Å². The molecule has 1 aliphatic heterocycles. The number of aldehydes is 1. The fourth-order valence-electron chi connectivity index (χ4n) is 8.76. The van der Waals surface area contributed by atoms with E-state index in [1.807, 2.05) is 0 Å². The predicted molar refractivity (Wildman–Crippen MR) is 124 cm³/mol. The molecule has 0 bridgehead atoms. The first-order valence-corrected chi connectivity index (χ1v) is 12.9. The van der Waals surface area contributed by atoms with Gasteiger partial charge in [0.15, 0.2) is 0 Å². The molecule has 36 heavy (non-hydrogen) atoms. The monoisotopic (exact) mass is 502 g/mol. The number of cyclic esters (lactones) is 1. The summed E-state index contributed by atoms with van der Waals surface area (Å²) in [6, 6.07) is 0. The Balaban J connectivity index is 1.39. The maximum absolute atomic E-state index is 12.8. The molecule has 0 aromatic carbocycles. The molecular formula is C27H34O9. The Morgan fingerprint density at radius 3 is 2.47 bits per heavy atom. The highest BCUT2D eigenvalue weighted by molar-refractivity contribution is 5.90. The van der Waals surface area contributed by atoms with Gasteiger partial charge in [-0.25, -0.2) is 14.4 Å². The number of rotatable bonds is 5. The van der Waals surface area contributed by atoms with Crippen molar-refractivity contribution >= 4 is 24.2 Å². The summed E-state index contributed by atoms with van der Waals surface area (Å²) in [4.78, 5) is 47.2. The van der Waals surface area contributed by atoms with Crippen LogP contribution in [0.3, 0.4) is 0 Å². The van der Waals surface area contributed by atoms with Gasteiger partial charge < -0.3 is 29.6 Å². The van der Waals surface area contributed by atoms with E-state index >= 15 is 0 Å². The molecule has 1 heterocycles. The number of aliphatic hydroxyl groups is 2. The number of esters is 2. The second-order valence-corrected chi connectivity index (χ2v) is 11.7. The van der Waals surface area contributed by atoms with Crippen LogP contribution in [0.5, 0.6) is 0 Å². The largest absolute Gasteiger partial charge is 0.478 e. The SMILES string of the molecule is C[C@]12CC[C@H]3[C@@H](CC[C@]4(O)C[C@@H](OC(=O)/C=C/C(=O)O)CC[C@]34C=O)[C@@]1(O)CC[C@@H]2C1=CC(=O)OC1. The standard InChI is InChI=1S/C27H34O9/c1-24-8-5-19-20(27(24,34)11-7-18(24)16-12-23(32)35-14-16)6-10-26(33)13-17(4-9-25(19,26)15-28)36-22(31)3-2-21(29)30/h2-3,12,15,17-20,33-34H,4-11,13-14H2,1H3,(H,29,30)/b3-2+/t17-,18+,19-,20+,24+,25-,26-,27-/m0/s1. The second kappa shape index (κ2) is 8.52. The maximum atomic E-state index is 12.8. The van der Waals surface area contributed by atoms with Gasteiger partial charge in [0, 0.05) is 30.1 Å². The van der Waals surface area contributed by atoms with Crippen LogP contribution in [0, 0.1) is 28.6 Å². The van der Waals surface area contributed by atoms with Crippen molar-refractivity contribution in [2.24, 2.45) is 28.6 Å². The van der Waals surface area contributed by atoms with E-state index in [9.17, 15) is 29.4 Å². The molecule has 0 spiro atoms. The quantitative estimate of drug-likeness (QED) is 0.292. The van der Waals surface area contributed by atoms with Crippen LogP contribution >= 0.6 is 0 Å². The number of aliphatic carboxylic acids is 1. The molecule has 0 radical (unpaired) electrons. The van der Waals surface area contributed by atoms with E-state index in [0.717, 1.165) is 24.4 Å². The number of carbonyl (C=O) groups is 4. The van der Waals surface area contributed by atoms with E-state index < -0.39 is 40.1 Å². The Morgan fingerprint density at radius 2 is 1.81 bits per heavy atom. The number of carbonyl (C=O) groups excluding carboxylic acids is 3. The minimum atomic E-state index is -1.37. The molecular weight excluding hydrogens is 468 g/mol. The predicted octanol–water partition coefficient (Wildman–Crippen LogP) is 2.09. The zero-order valence-electron chi connectivity index (χ0n) is 20.5. The van der Waals surface area contributed by atoms with Crippen molar-refractivity contribution < 1.29 is 44.0 Å². The van der Waals surface area contributed by atoms with Gasteiger partial charge in [0.1, 0.15) is 19.0 Å². The number of fused-ring (bicyclic) bond motifs is 5. The molecule has 196 valence electrons. The van der Waals surface area contributed by atoms with E-state index in [1.165, 1.54) is 0 Å². The summed E-state index contributed by atoms with van der Waals surface area (Å²) in [6.45, 7) is 2.36. The molecule has 0 amide bonds. The van der Waals surface area contributed by atoms with Crippen LogP contribution in [-0.2, 0) is 28.7 Å². The highest BCUT2D eigenvalue weighted by atomic mass is 16.5. The Kier molecular flexibility index (Phi) is 5.95. The summed E-state index contributed by atoms with van der Waals surface area (Å²) in [5.74, 6) is -2.71. The Bertz CT molecular complexity index is 1050. The maximum Gasteiger partial charge on any atom is 0.331 e. The summed E-state index contributed by atoms with van der Waals surface area (Å²) in [5, 5.41) is 32.8. The molecule has 4 aliphatic carbocycles. The third-order valence-electron chi connectivity index (χ3n) is 10.5. The lowest BCUT2D eigenvalue weighted by molar-refractivity contribution is -0.249. The molecule has 5 rings (SSSR count). The van der Waals surface area contributed by atoms with Gasteiger partial charge in [0.05, 0.1) is 16.6 Å². The Labute approximate surface area is 209 Å². The number of hydrogen-bond acceptors (Lipinski definition) is 8. The zero-order valence-corrected chi connectivity index (χ0v) is 20.5. The molecule has 9 heteroatoms.